The van der Waals surface area contributed by atoms with Crippen LogP contribution in [0.5, 0.6) is 0 Å². The van der Waals surface area contributed by atoms with Crippen LogP contribution in [0.3, 0.4) is 0 Å². The van der Waals surface area contributed by atoms with E-state index in [-0.39, 0.29) is 0 Å². The van der Waals surface area contributed by atoms with Gasteiger partial charge < -0.3 is 9.94 Å². The summed E-state index contributed by atoms with van der Waals surface area (Å²) in [6.07, 6.45) is 0.277. The predicted octanol–water partition coefficient (Wildman–Crippen LogP) is 2.89. The molecule has 4 heteroatoms. The van der Waals surface area contributed by atoms with Gasteiger partial charge in [0, 0.05) is 10.0 Å². The fourth-order valence-electron chi connectivity index (χ4n) is 1.80. The molecule has 1 aromatic carbocycles. The molecule has 0 aliphatic carbocycles. The maximum Gasteiger partial charge on any atom is 0.163 e. The van der Waals surface area contributed by atoms with Crippen LogP contribution in [0.15, 0.2) is 27.8 Å². The molecule has 0 saturated carbocycles. The molecule has 0 fully saturated rings. The number of rotatable bonds is 2. The van der Waals surface area contributed by atoms with Gasteiger partial charge in [0.1, 0.15) is 11.8 Å². The predicted molar refractivity (Wildman–Crippen MR) is 71.2 cm³/mol. The lowest BCUT2D eigenvalue weighted by Gasteiger charge is -2.20. The van der Waals surface area contributed by atoms with Crippen LogP contribution >= 0.6 is 15.9 Å². The van der Waals surface area contributed by atoms with Crippen LogP contribution in [-0.4, -0.2) is 22.5 Å². The van der Waals surface area contributed by atoms with Gasteiger partial charge >= 0.3 is 0 Å². The van der Waals surface area contributed by atoms with Crippen LogP contribution in [0.25, 0.3) is 0 Å². The van der Waals surface area contributed by atoms with E-state index in [1.807, 2.05) is 32.0 Å². The Labute approximate surface area is 110 Å². The molecule has 0 spiro atoms. The second kappa shape index (κ2) is 4.42. The van der Waals surface area contributed by atoms with Crippen molar-refractivity contribution in [3.8, 4) is 0 Å². The number of aliphatic hydroxyl groups excluding tert-OH is 1. The van der Waals surface area contributed by atoms with Gasteiger partial charge in [-0.3, -0.25) is 0 Å². The summed E-state index contributed by atoms with van der Waals surface area (Å²) in [7, 11) is 0. The highest BCUT2D eigenvalue weighted by Crippen LogP contribution is 2.28. The number of halogens is 1. The molecule has 0 saturated heterocycles. The summed E-state index contributed by atoms with van der Waals surface area (Å²) in [6.45, 7) is 5.75. The summed E-state index contributed by atoms with van der Waals surface area (Å²) in [5.41, 5.74) is 2.08. The van der Waals surface area contributed by atoms with Crippen molar-refractivity contribution in [3.63, 3.8) is 0 Å². The van der Waals surface area contributed by atoms with Crippen molar-refractivity contribution < 1.29 is 9.94 Å². The molecule has 2 rings (SSSR count). The maximum absolute atomic E-state index is 10.1. The van der Waals surface area contributed by atoms with Crippen molar-refractivity contribution in [1.82, 2.24) is 0 Å². The van der Waals surface area contributed by atoms with Gasteiger partial charge in [-0.2, -0.15) is 0 Å². The van der Waals surface area contributed by atoms with Crippen LogP contribution in [0.1, 0.15) is 31.9 Å². The average molecular weight is 298 g/mol. The van der Waals surface area contributed by atoms with Gasteiger partial charge in [0.15, 0.2) is 5.60 Å². The molecule has 0 bridgehead atoms. The normalized spacial score (nSPS) is 22.2. The third-order valence-corrected chi connectivity index (χ3v) is 3.76. The van der Waals surface area contributed by atoms with Gasteiger partial charge in [-0.25, -0.2) is 0 Å². The first-order valence-electron chi connectivity index (χ1n) is 5.68. The minimum absolute atomic E-state index is 0.596. The molecule has 1 atom stereocenters. The zero-order chi connectivity index (χ0) is 12.6. The Morgan fingerprint density at radius 1 is 1.47 bits per heavy atom. The number of aryl methyl sites for hydroxylation is 1. The molecule has 92 valence electrons. The highest BCUT2D eigenvalue weighted by atomic mass is 79.9. The molecule has 3 nitrogen and oxygen atoms in total. The van der Waals surface area contributed by atoms with Crippen molar-refractivity contribution in [1.29, 1.82) is 0 Å². The first-order valence-corrected chi connectivity index (χ1v) is 6.48. The molecule has 1 heterocycles. The Hall–Kier alpha value is -0.870. The van der Waals surface area contributed by atoms with E-state index < -0.39 is 11.7 Å². The molecule has 1 aromatic rings. The Morgan fingerprint density at radius 3 is 2.65 bits per heavy atom. The quantitative estimate of drug-likeness (QED) is 0.912. The number of hydrogen-bond acceptors (Lipinski definition) is 3. The van der Waals surface area contributed by atoms with E-state index in [4.69, 9.17) is 4.84 Å². The molecule has 1 N–H and O–H groups in total. The summed E-state index contributed by atoms with van der Waals surface area (Å²) < 4.78 is 1.04. The third-order valence-electron chi connectivity index (χ3n) is 3.03. The zero-order valence-electron chi connectivity index (χ0n) is 10.2. The van der Waals surface area contributed by atoms with Crippen molar-refractivity contribution in [2.75, 3.05) is 0 Å². The number of nitrogens with zero attached hydrogens (tertiary/aromatic N) is 1. The lowest BCUT2D eigenvalue weighted by Crippen LogP contribution is -2.38. The largest absolute Gasteiger partial charge is 0.386 e. The van der Waals surface area contributed by atoms with E-state index in [0.717, 1.165) is 16.5 Å². The summed E-state index contributed by atoms with van der Waals surface area (Å²) in [4.78, 5) is 5.24. The van der Waals surface area contributed by atoms with Crippen LogP contribution in [-0.2, 0) is 11.3 Å². The summed E-state index contributed by atoms with van der Waals surface area (Å²) >= 11 is 3.53. The SMILES string of the molecule is CCc1ccc(C2=NOC(C)(C)C2O)cc1Br. The van der Waals surface area contributed by atoms with Gasteiger partial charge in [-0.15, -0.1) is 0 Å². The molecule has 0 amide bonds. The van der Waals surface area contributed by atoms with E-state index in [1.54, 1.807) is 0 Å². The molecular formula is C13H16BrNO2. The minimum atomic E-state index is -0.693. The van der Waals surface area contributed by atoms with E-state index in [0.29, 0.717) is 5.71 Å². The first kappa shape index (κ1) is 12.6. The van der Waals surface area contributed by atoms with Gasteiger partial charge in [-0.05, 0) is 31.9 Å². The van der Waals surface area contributed by atoms with Gasteiger partial charge in [0.05, 0.1) is 0 Å². The molecular weight excluding hydrogens is 282 g/mol. The summed E-state index contributed by atoms with van der Waals surface area (Å²) in [6, 6.07) is 5.99. The molecule has 1 aliphatic heterocycles. The second-order valence-corrected chi connectivity index (χ2v) is 5.59. The van der Waals surface area contributed by atoms with Gasteiger partial charge in [-0.1, -0.05) is 40.1 Å². The van der Waals surface area contributed by atoms with Gasteiger partial charge in [0.25, 0.3) is 0 Å². The fourth-order valence-corrected chi connectivity index (χ4v) is 2.46. The van der Waals surface area contributed by atoms with Crippen molar-refractivity contribution in [2.45, 2.75) is 38.9 Å². The molecule has 1 aliphatic rings. The van der Waals surface area contributed by atoms with Crippen molar-refractivity contribution in [2.24, 2.45) is 5.16 Å². The number of aliphatic hydroxyl groups is 1. The molecule has 17 heavy (non-hydrogen) atoms. The number of oxime groups is 1. The van der Waals surface area contributed by atoms with Crippen LogP contribution in [0, 0.1) is 0 Å². The van der Waals surface area contributed by atoms with Crippen molar-refractivity contribution >= 4 is 21.6 Å². The Bertz CT molecular complexity index is 468. The third kappa shape index (κ3) is 2.24. The van der Waals surface area contributed by atoms with E-state index in [1.165, 1.54) is 5.56 Å². The molecule has 1 unspecified atom stereocenters. The fraction of sp³-hybridized carbons (Fsp3) is 0.462. The maximum atomic E-state index is 10.1. The Kier molecular flexibility index (Phi) is 3.27. The van der Waals surface area contributed by atoms with Gasteiger partial charge in [0.2, 0.25) is 0 Å². The average Bonchev–Trinajstić information content (AvgIpc) is 2.54. The topological polar surface area (TPSA) is 41.8 Å². The minimum Gasteiger partial charge on any atom is -0.386 e. The number of benzene rings is 1. The second-order valence-electron chi connectivity index (χ2n) is 4.73. The first-order chi connectivity index (χ1) is 7.95. The van der Waals surface area contributed by atoms with Crippen molar-refractivity contribution in [3.05, 3.63) is 33.8 Å². The summed E-state index contributed by atoms with van der Waals surface area (Å²) in [5, 5.41) is 14.1. The monoisotopic (exact) mass is 297 g/mol. The van der Waals surface area contributed by atoms with Crippen LogP contribution < -0.4 is 0 Å². The zero-order valence-corrected chi connectivity index (χ0v) is 11.8. The standard InChI is InChI=1S/C13H16BrNO2/c1-4-8-5-6-9(7-10(8)14)11-12(16)13(2,3)17-15-11/h5-7,12,16H,4H2,1-3H3. The summed E-state index contributed by atoms with van der Waals surface area (Å²) in [5.74, 6) is 0. The van der Waals surface area contributed by atoms with Crippen LogP contribution in [0.2, 0.25) is 0 Å². The van der Waals surface area contributed by atoms with E-state index >= 15 is 0 Å². The highest BCUT2D eigenvalue weighted by Gasteiger charge is 2.40. The number of hydrogen-bond donors (Lipinski definition) is 1. The highest BCUT2D eigenvalue weighted by molar-refractivity contribution is 9.10. The van der Waals surface area contributed by atoms with E-state index in [2.05, 4.69) is 28.0 Å². The lowest BCUT2D eigenvalue weighted by atomic mass is 9.94. The lowest BCUT2D eigenvalue weighted by molar-refractivity contribution is -0.0476. The van der Waals surface area contributed by atoms with E-state index in [9.17, 15) is 5.11 Å². The van der Waals surface area contributed by atoms with Crippen LogP contribution in [0.4, 0.5) is 0 Å². The molecule has 0 aromatic heterocycles. The Balaban J connectivity index is 2.34. The smallest absolute Gasteiger partial charge is 0.163 e. The molecule has 0 radical (unpaired) electrons. The Morgan fingerprint density at radius 2 is 2.18 bits per heavy atom.